The lowest BCUT2D eigenvalue weighted by Gasteiger charge is -2.26. The summed E-state index contributed by atoms with van der Waals surface area (Å²) in [6.45, 7) is 5.65. The summed E-state index contributed by atoms with van der Waals surface area (Å²) < 4.78 is 2.36. The maximum Gasteiger partial charge on any atom is 0.0948 e. The Morgan fingerprint density at radius 2 is 2.33 bits per heavy atom. The van der Waals surface area contributed by atoms with Crippen LogP contribution >= 0.6 is 0 Å². The number of nitrogens with zero attached hydrogens (tertiary/aromatic N) is 3. The van der Waals surface area contributed by atoms with Gasteiger partial charge in [-0.25, -0.2) is 4.98 Å². The number of aromatic nitrogens is 2. The van der Waals surface area contributed by atoms with E-state index in [4.69, 9.17) is 0 Å². The van der Waals surface area contributed by atoms with Crippen LogP contribution in [-0.4, -0.2) is 46.7 Å². The van der Waals surface area contributed by atoms with Crippen molar-refractivity contribution in [3.8, 4) is 0 Å². The van der Waals surface area contributed by atoms with Crippen molar-refractivity contribution >= 4 is 0 Å². The van der Waals surface area contributed by atoms with Crippen molar-refractivity contribution < 1.29 is 0 Å². The lowest BCUT2D eigenvalue weighted by molar-refractivity contribution is 0.224. The molecule has 18 heavy (non-hydrogen) atoms. The third-order valence-corrected chi connectivity index (χ3v) is 4.50. The molecule has 0 amide bonds. The second-order valence-electron chi connectivity index (χ2n) is 5.91. The fourth-order valence-corrected chi connectivity index (χ4v) is 2.99. The largest absolute Gasteiger partial charge is 0.333 e. The van der Waals surface area contributed by atoms with Crippen molar-refractivity contribution in [1.29, 1.82) is 0 Å². The van der Waals surface area contributed by atoms with E-state index in [-0.39, 0.29) is 0 Å². The van der Waals surface area contributed by atoms with Crippen LogP contribution in [0.3, 0.4) is 0 Å². The van der Waals surface area contributed by atoms with Gasteiger partial charge in [0.1, 0.15) is 0 Å². The first-order chi connectivity index (χ1) is 8.75. The Balaban J connectivity index is 1.66. The third-order valence-electron chi connectivity index (χ3n) is 4.50. The van der Waals surface area contributed by atoms with Gasteiger partial charge in [0, 0.05) is 43.0 Å². The monoisotopic (exact) mass is 248 g/mol. The quantitative estimate of drug-likeness (QED) is 0.856. The molecule has 0 bridgehead atoms. The molecule has 0 aromatic carbocycles. The van der Waals surface area contributed by atoms with Crippen LogP contribution in [0.25, 0.3) is 0 Å². The van der Waals surface area contributed by atoms with Gasteiger partial charge in [0.2, 0.25) is 0 Å². The van der Waals surface area contributed by atoms with E-state index in [2.05, 4.69) is 39.9 Å². The number of likely N-dealkylation sites (N-methyl/N-ethyl adjacent to an activating group) is 1. The molecule has 3 rings (SSSR count). The summed E-state index contributed by atoms with van der Waals surface area (Å²) in [6.07, 6.45) is 8.07. The van der Waals surface area contributed by atoms with Crippen molar-refractivity contribution in [3.63, 3.8) is 0 Å². The molecule has 1 N–H and O–H groups in total. The average Bonchev–Trinajstić information content (AvgIpc) is 2.88. The molecule has 2 fully saturated rings. The number of hydrogen-bond donors (Lipinski definition) is 1. The van der Waals surface area contributed by atoms with E-state index in [9.17, 15) is 0 Å². The normalized spacial score (nSPS) is 25.8. The molecular formula is C14H24N4. The van der Waals surface area contributed by atoms with Gasteiger partial charge in [-0.15, -0.1) is 0 Å². The van der Waals surface area contributed by atoms with Crippen molar-refractivity contribution in [2.45, 2.75) is 50.7 Å². The van der Waals surface area contributed by atoms with Crippen LogP contribution in [0.1, 0.15) is 37.8 Å². The zero-order chi connectivity index (χ0) is 12.5. The minimum atomic E-state index is 0.597. The molecule has 0 spiro atoms. The van der Waals surface area contributed by atoms with Crippen LogP contribution in [0.2, 0.25) is 0 Å². The summed E-state index contributed by atoms with van der Waals surface area (Å²) in [6, 6.07) is 1.43. The molecule has 1 aromatic heterocycles. The van der Waals surface area contributed by atoms with Crippen molar-refractivity contribution in [2.75, 3.05) is 20.1 Å². The summed E-state index contributed by atoms with van der Waals surface area (Å²) >= 11 is 0. The summed E-state index contributed by atoms with van der Waals surface area (Å²) in [7, 11) is 2.26. The first kappa shape index (κ1) is 12.2. The molecular weight excluding hydrogens is 224 g/mol. The summed E-state index contributed by atoms with van der Waals surface area (Å²) in [5.74, 6) is 0.658. The van der Waals surface area contributed by atoms with Gasteiger partial charge in [-0.2, -0.15) is 0 Å². The Morgan fingerprint density at radius 3 is 3.00 bits per heavy atom. The molecule has 2 aliphatic rings. The highest BCUT2D eigenvalue weighted by Gasteiger charge is 2.29. The second kappa shape index (κ2) is 5.02. The van der Waals surface area contributed by atoms with Crippen molar-refractivity contribution in [2.24, 2.45) is 0 Å². The smallest absolute Gasteiger partial charge is 0.0948 e. The molecule has 1 saturated heterocycles. The molecule has 4 nitrogen and oxygen atoms in total. The molecule has 100 valence electrons. The van der Waals surface area contributed by atoms with Gasteiger partial charge in [0.15, 0.2) is 0 Å². The number of nitrogens with one attached hydrogen (secondary N) is 1. The Kier molecular flexibility index (Phi) is 3.39. The molecule has 1 aliphatic heterocycles. The lowest BCUT2D eigenvalue weighted by atomic mass is 10.1. The molecule has 2 unspecified atom stereocenters. The van der Waals surface area contributed by atoms with E-state index in [1.165, 1.54) is 25.0 Å². The Bertz CT molecular complexity index is 390. The molecule has 0 radical (unpaired) electrons. The second-order valence-corrected chi connectivity index (χ2v) is 5.91. The molecule has 1 saturated carbocycles. The SMILES string of the molecule is CC(Cn1cncc1C1CCNC1)N(C)C1CC1. The fourth-order valence-electron chi connectivity index (χ4n) is 2.99. The molecule has 2 atom stereocenters. The van der Waals surface area contributed by atoms with E-state index in [1.54, 1.807) is 0 Å². The first-order valence-corrected chi connectivity index (χ1v) is 7.18. The summed E-state index contributed by atoms with van der Waals surface area (Å²) in [5.41, 5.74) is 1.41. The Labute approximate surface area is 109 Å². The Morgan fingerprint density at radius 1 is 1.50 bits per heavy atom. The minimum Gasteiger partial charge on any atom is -0.333 e. The molecule has 2 heterocycles. The van der Waals surface area contributed by atoms with Crippen LogP contribution in [0, 0.1) is 0 Å². The highest BCUT2D eigenvalue weighted by atomic mass is 15.2. The van der Waals surface area contributed by atoms with E-state index in [0.717, 1.165) is 25.7 Å². The van der Waals surface area contributed by atoms with Gasteiger partial charge < -0.3 is 9.88 Å². The highest BCUT2D eigenvalue weighted by Crippen LogP contribution is 2.28. The van der Waals surface area contributed by atoms with Crippen molar-refractivity contribution in [3.05, 3.63) is 18.2 Å². The van der Waals surface area contributed by atoms with E-state index < -0.39 is 0 Å². The maximum absolute atomic E-state index is 4.36. The first-order valence-electron chi connectivity index (χ1n) is 7.18. The predicted molar refractivity (Wildman–Crippen MR) is 72.7 cm³/mol. The molecule has 1 aromatic rings. The minimum absolute atomic E-state index is 0.597. The van der Waals surface area contributed by atoms with Gasteiger partial charge >= 0.3 is 0 Å². The zero-order valence-corrected chi connectivity index (χ0v) is 11.5. The lowest BCUT2D eigenvalue weighted by Crippen LogP contribution is -2.34. The van der Waals surface area contributed by atoms with Gasteiger partial charge in [-0.3, -0.25) is 4.90 Å². The van der Waals surface area contributed by atoms with Gasteiger partial charge in [0.05, 0.1) is 6.33 Å². The van der Waals surface area contributed by atoms with Crippen molar-refractivity contribution in [1.82, 2.24) is 19.8 Å². The average molecular weight is 248 g/mol. The van der Waals surface area contributed by atoms with Gasteiger partial charge in [0.25, 0.3) is 0 Å². The number of hydrogen-bond acceptors (Lipinski definition) is 3. The van der Waals surface area contributed by atoms with E-state index in [1.807, 2.05) is 6.33 Å². The topological polar surface area (TPSA) is 33.1 Å². The van der Waals surface area contributed by atoms with E-state index in [0.29, 0.717) is 12.0 Å². The van der Waals surface area contributed by atoms with Crippen LogP contribution in [0.4, 0.5) is 0 Å². The zero-order valence-electron chi connectivity index (χ0n) is 11.5. The fraction of sp³-hybridized carbons (Fsp3) is 0.786. The number of rotatable bonds is 5. The van der Waals surface area contributed by atoms with Gasteiger partial charge in [-0.1, -0.05) is 0 Å². The molecule has 1 aliphatic carbocycles. The van der Waals surface area contributed by atoms with Gasteiger partial charge in [-0.05, 0) is 39.8 Å². The number of imidazole rings is 1. The summed E-state index contributed by atoms with van der Waals surface area (Å²) in [4.78, 5) is 6.88. The third kappa shape index (κ3) is 2.45. The maximum atomic E-state index is 4.36. The summed E-state index contributed by atoms with van der Waals surface area (Å²) in [5, 5.41) is 3.44. The molecule has 4 heteroatoms. The predicted octanol–water partition coefficient (Wildman–Crippen LogP) is 1.44. The van der Waals surface area contributed by atoms with Crippen LogP contribution in [-0.2, 0) is 6.54 Å². The van der Waals surface area contributed by atoms with Crippen LogP contribution < -0.4 is 5.32 Å². The Hall–Kier alpha value is -0.870. The van der Waals surface area contributed by atoms with E-state index >= 15 is 0 Å². The standard InChI is InChI=1S/C14H24N4/c1-11(17(2)13-3-4-13)9-18-10-16-8-14(18)12-5-6-15-7-12/h8,10-13,15H,3-7,9H2,1-2H3. The highest BCUT2D eigenvalue weighted by molar-refractivity contribution is 5.09. The van der Waals surface area contributed by atoms with Crippen LogP contribution in [0.15, 0.2) is 12.5 Å². The van der Waals surface area contributed by atoms with Crippen LogP contribution in [0.5, 0.6) is 0 Å².